The van der Waals surface area contributed by atoms with Crippen LogP contribution in [0, 0.1) is 0 Å². The lowest BCUT2D eigenvalue weighted by Gasteiger charge is -2.35. The minimum Gasteiger partial charge on any atom is -0.468 e. The summed E-state index contributed by atoms with van der Waals surface area (Å²) in [5, 5.41) is 0. The molecular formula is C15H27NO4. The molecule has 2 atom stereocenters. The molecule has 0 N–H and O–H groups in total. The van der Waals surface area contributed by atoms with Gasteiger partial charge in [-0.05, 0) is 39.0 Å². The Balaban J connectivity index is 1.65. The Morgan fingerprint density at radius 1 is 1.30 bits per heavy atom. The summed E-state index contributed by atoms with van der Waals surface area (Å²) in [6.07, 6.45) is 6.11. The number of hydrogen-bond acceptors (Lipinski definition) is 5. The number of hydrogen-bond donors (Lipinski definition) is 0. The van der Waals surface area contributed by atoms with Crippen LogP contribution in [0.4, 0.5) is 0 Å². The van der Waals surface area contributed by atoms with Crippen LogP contribution in [0.1, 0.15) is 39.0 Å². The van der Waals surface area contributed by atoms with Gasteiger partial charge in [0.25, 0.3) is 0 Å². The van der Waals surface area contributed by atoms with Crippen LogP contribution in [-0.4, -0.2) is 62.5 Å². The first-order chi connectivity index (χ1) is 9.70. The van der Waals surface area contributed by atoms with E-state index in [-0.39, 0.29) is 18.1 Å². The van der Waals surface area contributed by atoms with Gasteiger partial charge < -0.3 is 14.2 Å². The molecule has 0 unspecified atom stereocenters. The van der Waals surface area contributed by atoms with Crippen LogP contribution < -0.4 is 0 Å². The third-order valence-electron chi connectivity index (χ3n) is 4.36. The Labute approximate surface area is 121 Å². The van der Waals surface area contributed by atoms with Crippen LogP contribution in [0.3, 0.4) is 0 Å². The SMILES string of the molecule is COC(=O)[C@@H](C)N1CCC(OC[C@@H]2CCCCO2)CC1. The second-order valence-corrected chi connectivity index (χ2v) is 5.76. The minimum atomic E-state index is -0.153. The lowest BCUT2D eigenvalue weighted by molar-refractivity contribution is -0.147. The zero-order valence-corrected chi connectivity index (χ0v) is 12.7. The number of esters is 1. The van der Waals surface area contributed by atoms with Gasteiger partial charge >= 0.3 is 5.97 Å². The Kier molecular flexibility index (Phi) is 6.26. The maximum atomic E-state index is 11.5. The Morgan fingerprint density at radius 2 is 2.05 bits per heavy atom. The van der Waals surface area contributed by atoms with E-state index in [9.17, 15) is 4.79 Å². The van der Waals surface area contributed by atoms with Gasteiger partial charge in [-0.1, -0.05) is 0 Å². The number of rotatable bonds is 5. The van der Waals surface area contributed by atoms with Crippen molar-refractivity contribution in [3.05, 3.63) is 0 Å². The molecule has 0 aliphatic carbocycles. The number of likely N-dealkylation sites (tertiary alicyclic amines) is 1. The highest BCUT2D eigenvalue weighted by Crippen LogP contribution is 2.19. The number of piperidine rings is 1. The molecule has 0 radical (unpaired) electrons. The highest BCUT2D eigenvalue weighted by atomic mass is 16.5. The topological polar surface area (TPSA) is 48.0 Å². The van der Waals surface area contributed by atoms with Crippen LogP contribution in [0.2, 0.25) is 0 Å². The Morgan fingerprint density at radius 3 is 2.65 bits per heavy atom. The molecule has 20 heavy (non-hydrogen) atoms. The smallest absolute Gasteiger partial charge is 0.322 e. The maximum Gasteiger partial charge on any atom is 0.322 e. The fourth-order valence-corrected chi connectivity index (χ4v) is 2.93. The first kappa shape index (κ1) is 15.7. The van der Waals surface area contributed by atoms with E-state index in [2.05, 4.69) is 4.90 Å². The van der Waals surface area contributed by atoms with E-state index in [0.29, 0.717) is 6.10 Å². The molecule has 2 rings (SSSR count). The molecule has 0 aromatic rings. The number of methoxy groups -OCH3 is 1. The molecule has 0 bridgehead atoms. The summed E-state index contributed by atoms with van der Waals surface area (Å²) in [6, 6.07) is -0.150. The monoisotopic (exact) mass is 285 g/mol. The van der Waals surface area contributed by atoms with E-state index in [1.165, 1.54) is 20.0 Å². The van der Waals surface area contributed by atoms with Crippen molar-refractivity contribution in [2.45, 2.75) is 57.3 Å². The number of ether oxygens (including phenoxy) is 3. The molecule has 2 fully saturated rings. The number of carbonyl (C=O) groups is 1. The van der Waals surface area contributed by atoms with Gasteiger partial charge in [-0.2, -0.15) is 0 Å². The highest BCUT2D eigenvalue weighted by molar-refractivity contribution is 5.75. The second kappa shape index (κ2) is 7.96. The summed E-state index contributed by atoms with van der Waals surface area (Å²) in [7, 11) is 1.44. The van der Waals surface area contributed by atoms with E-state index in [4.69, 9.17) is 14.2 Å². The summed E-state index contributed by atoms with van der Waals surface area (Å²) in [6.45, 7) is 5.29. The summed E-state index contributed by atoms with van der Waals surface area (Å²) in [5.41, 5.74) is 0. The molecule has 0 spiro atoms. The van der Waals surface area contributed by atoms with Crippen LogP contribution in [0.25, 0.3) is 0 Å². The van der Waals surface area contributed by atoms with Crippen molar-refractivity contribution in [1.29, 1.82) is 0 Å². The zero-order chi connectivity index (χ0) is 14.4. The van der Waals surface area contributed by atoms with Crippen molar-refractivity contribution >= 4 is 5.97 Å². The lowest BCUT2D eigenvalue weighted by atomic mass is 10.1. The second-order valence-electron chi connectivity index (χ2n) is 5.76. The quantitative estimate of drug-likeness (QED) is 0.718. The largest absolute Gasteiger partial charge is 0.468 e. The number of nitrogens with zero attached hydrogens (tertiary/aromatic N) is 1. The molecule has 2 saturated heterocycles. The van der Waals surface area contributed by atoms with Crippen molar-refractivity contribution in [3.8, 4) is 0 Å². The van der Waals surface area contributed by atoms with Gasteiger partial charge in [0.2, 0.25) is 0 Å². The van der Waals surface area contributed by atoms with Crippen LogP contribution >= 0.6 is 0 Å². The predicted octanol–water partition coefficient (Wildman–Crippen LogP) is 1.60. The maximum absolute atomic E-state index is 11.5. The average Bonchev–Trinajstić information content (AvgIpc) is 2.53. The van der Waals surface area contributed by atoms with Crippen molar-refractivity contribution in [2.75, 3.05) is 33.4 Å². The first-order valence-electron chi connectivity index (χ1n) is 7.75. The molecule has 2 aliphatic heterocycles. The average molecular weight is 285 g/mol. The summed E-state index contributed by atoms with van der Waals surface area (Å²) in [5.74, 6) is -0.153. The van der Waals surface area contributed by atoms with E-state index >= 15 is 0 Å². The van der Waals surface area contributed by atoms with Crippen molar-refractivity contribution in [1.82, 2.24) is 4.90 Å². The van der Waals surface area contributed by atoms with E-state index in [0.717, 1.165) is 45.6 Å². The van der Waals surface area contributed by atoms with Crippen molar-refractivity contribution in [2.24, 2.45) is 0 Å². The van der Waals surface area contributed by atoms with Gasteiger partial charge in [0.15, 0.2) is 0 Å². The van der Waals surface area contributed by atoms with Gasteiger partial charge in [0.05, 0.1) is 25.9 Å². The summed E-state index contributed by atoms with van der Waals surface area (Å²) >= 11 is 0. The standard InChI is InChI=1S/C15H27NO4/c1-12(15(17)18-2)16-8-6-13(7-9-16)20-11-14-5-3-4-10-19-14/h12-14H,3-11H2,1-2H3/t12-,14+/m1/s1. The normalized spacial score (nSPS) is 27.2. The first-order valence-corrected chi connectivity index (χ1v) is 7.75. The van der Waals surface area contributed by atoms with Crippen LogP contribution in [0.15, 0.2) is 0 Å². The van der Waals surface area contributed by atoms with Crippen molar-refractivity contribution < 1.29 is 19.0 Å². The molecule has 5 heteroatoms. The van der Waals surface area contributed by atoms with E-state index < -0.39 is 0 Å². The van der Waals surface area contributed by atoms with Gasteiger partial charge in [0, 0.05) is 19.7 Å². The van der Waals surface area contributed by atoms with Crippen LogP contribution in [-0.2, 0) is 19.0 Å². The Bertz CT molecular complexity index is 296. The highest BCUT2D eigenvalue weighted by Gasteiger charge is 2.28. The van der Waals surface area contributed by atoms with E-state index in [1.807, 2.05) is 6.92 Å². The third kappa shape index (κ3) is 4.43. The fraction of sp³-hybridized carbons (Fsp3) is 0.933. The summed E-state index contributed by atoms with van der Waals surface area (Å²) in [4.78, 5) is 13.7. The molecule has 0 aromatic carbocycles. The molecule has 0 saturated carbocycles. The summed E-state index contributed by atoms with van der Waals surface area (Å²) < 4.78 is 16.4. The van der Waals surface area contributed by atoms with Gasteiger partial charge in [-0.3, -0.25) is 9.69 Å². The Hall–Kier alpha value is -0.650. The third-order valence-corrected chi connectivity index (χ3v) is 4.36. The van der Waals surface area contributed by atoms with Gasteiger partial charge in [0.1, 0.15) is 6.04 Å². The molecule has 0 aromatic heterocycles. The predicted molar refractivity (Wildman–Crippen MR) is 75.6 cm³/mol. The minimum absolute atomic E-state index is 0.150. The van der Waals surface area contributed by atoms with Crippen molar-refractivity contribution in [3.63, 3.8) is 0 Å². The van der Waals surface area contributed by atoms with Gasteiger partial charge in [-0.15, -0.1) is 0 Å². The molecule has 5 nitrogen and oxygen atoms in total. The van der Waals surface area contributed by atoms with E-state index in [1.54, 1.807) is 0 Å². The number of carbonyl (C=O) groups excluding carboxylic acids is 1. The lowest BCUT2D eigenvalue weighted by Crippen LogP contribution is -2.46. The van der Waals surface area contributed by atoms with Gasteiger partial charge in [-0.25, -0.2) is 0 Å². The molecule has 0 amide bonds. The zero-order valence-electron chi connectivity index (χ0n) is 12.7. The van der Waals surface area contributed by atoms with Crippen LogP contribution in [0.5, 0.6) is 0 Å². The molecule has 116 valence electrons. The molecular weight excluding hydrogens is 258 g/mol. The molecule has 2 aliphatic rings. The fourth-order valence-electron chi connectivity index (χ4n) is 2.93. The molecule has 2 heterocycles.